The third-order valence-corrected chi connectivity index (χ3v) is 7.67. The van der Waals surface area contributed by atoms with E-state index in [1.807, 2.05) is 54.4 Å². The van der Waals surface area contributed by atoms with Crippen LogP contribution in [-0.4, -0.2) is 48.8 Å². The summed E-state index contributed by atoms with van der Waals surface area (Å²) in [4.78, 5) is 19.7. The van der Waals surface area contributed by atoms with E-state index in [1.165, 1.54) is 38.5 Å². The lowest BCUT2D eigenvalue weighted by Gasteiger charge is -2.20. The first kappa shape index (κ1) is 22.8. The van der Waals surface area contributed by atoms with Gasteiger partial charge in [0.25, 0.3) is 0 Å². The van der Waals surface area contributed by atoms with Crippen molar-refractivity contribution in [2.75, 3.05) is 13.6 Å². The lowest BCUT2D eigenvalue weighted by molar-refractivity contribution is -0.125. The maximum Gasteiger partial charge on any atom is 0.245 e. The molecule has 2 aliphatic carbocycles. The van der Waals surface area contributed by atoms with Gasteiger partial charge in [-0.15, -0.1) is 0 Å². The highest BCUT2D eigenvalue weighted by molar-refractivity contribution is 5.87. The summed E-state index contributed by atoms with van der Waals surface area (Å²) in [5.74, 6) is 1.59. The van der Waals surface area contributed by atoms with Crippen LogP contribution in [0.3, 0.4) is 0 Å². The van der Waals surface area contributed by atoms with Crippen LogP contribution in [0.4, 0.5) is 0 Å². The van der Waals surface area contributed by atoms with Gasteiger partial charge in [0.1, 0.15) is 0 Å². The molecule has 3 aromatic heterocycles. The zero-order valence-corrected chi connectivity index (χ0v) is 20.4. The number of carbonyl (C=O) groups is 1. The monoisotopic (exact) mass is 460 g/mol. The van der Waals surface area contributed by atoms with Gasteiger partial charge < -0.3 is 4.90 Å². The maximum absolute atomic E-state index is 12.8. The number of hydrogen-bond donors (Lipinski definition) is 0. The molecule has 2 aliphatic rings. The van der Waals surface area contributed by atoms with Crippen molar-refractivity contribution in [1.29, 1.82) is 0 Å². The molecule has 0 saturated heterocycles. The molecule has 2 saturated carbocycles. The summed E-state index contributed by atoms with van der Waals surface area (Å²) in [5, 5.41) is 8.79. The van der Waals surface area contributed by atoms with Crippen LogP contribution in [0.2, 0.25) is 0 Å². The molecule has 7 nitrogen and oxygen atoms in total. The van der Waals surface area contributed by atoms with E-state index >= 15 is 0 Å². The molecule has 0 unspecified atom stereocenters. The normalized spacial score (nSPS) is 21.9. The fourth-order valence-electron chi connectivity index (χ4n) is 5.76. The van der Waals surface area contributed by atoms with Crippen molar-refractivity contribution in [2.24, 2.45) is 18.9 Å². The summed E-state index contributed by atoms with van der Waals surface area (Å²) in [6, 6.07) is 2.05. The molecule has 2 atom stereocenters. The molecule has 0 aromatic carbocycles. The third-order valence-electron chi connectivity index (χ3n) is 7.67. The van der Waals surface area contributed by atoms with Crippen LogP contribution in [0, 0.1) is 11.8 Å². The summed E-state index contributed by atoms with van der Waals surface area (Å²) >= 11 is 0. The maximum atomic E-state index is 12.8. The van der Waals surface area contributed by atoms with Crippen molar-refractivity contribution in [3.8, 4) is 11.3 Å². The van der Waals surface area contributed by atoms with Gasteiger partial charge in [0.2, 0.25) is 5.91 Å². The summed E-state index contributed by atoms with van der Waals surface area (Å²) in [6.07, 6.45) is 22.6. The summed E-state index contributed by atoms with van der Waals surface area (Å²) in [5.41, 5.74) is 4.10. The molecule has 0 spiro atoms. The Kier molecular flexibility index (Phi) is 6.79. The Morgan fingerprint density at radius 2 is 1.94 bits per heavy atom. The smallest absolute Gasteiger partial charge is 0.245 e. The van der Waals surface area contributed by atoms with Crippen molar-refractivity contribution in [3.05, 3.63) is 48.7 Å². The average Bonchev–Trinajstić information content (AvgIpc) is 3.55. The minimum absolute atomic E-state index is 0.141. The molecule has 180 valence electrons. The summed E-state index contributed by atoms with van der Waals surface area (Å²) in [7, 11) is 3.87. The van der Waals surface area contributed by atoms with E-state index in [1.54, 1.807) is 4.68 Å². The number of carbonyl (C=O) groups excluding carboxylic acids is 1. The van der Waals surface area contributed by atoms with Crippen LogP contribution >= 0.6 is 0 Å². The number of aryl methyl sites for hydroxylation is 1. The van der Waals surface area contributed by atoms with Crippen molar-refractivity contribution in [3.63, 3.8) is 0 Å². The van der Waals surface area contributed by atoms with Gasteiger partial charge in [-0.1, -0.05) is 31.8 Å². The van der Waals surface area contributed by atoms with Crippen LogP contribution in [0.5, 0.6) is 0 Å². The second-order valence-corrected chi connectivity index (χ2v) is 10.3. The predicted octanol–water partition coefficient (Wildman–Crippen LogP) is 5.00. The number of allylic oxidation sites excluding steroid dienone is 1. The molecule has 0 bridgehead atoms. The molecular formula is C27H36N6O. The molecule has 5 rings (SSSR count). The molecule has 3 aromatic rings. The molecule has 2 fully saturated rings. The quantitative estimate of drug-likeness (QED) is 0.384. The molecule has 0 radical (unpaired) electrons. The lowest BCUT2D eigenvalue weighted by atomic mass is 9.99. The minimum atomic E-state index is 0.141. The Bertz CT molecular complexity index is 1150. The Morgan fingerprint density at radius 1 is 1.12 bits per heavy atom. The molecule has 0 N–H and O–H groups in total. The lowest BCUT2D eigenvalue weighted by Crippen LogP contribution is -2.29. The zero-order valence-electron chi connectivity index (χ0n) is 20.4. The molecule has 0 aliphatic heterocycles. The average molecular weight is 461 g/mol. The molecular weight excluding hydrogens is 424 g/mol. The number of likely N-dealkylation sites (N-methyl/N-ethyl adjacent to an activating group) is 1. The predicted molar refractivity (Wildman–Crippen MR) is 133 cm³/mol. The number of fused-ring (bicyclic) bond motifs is 1. The zero-order chi connectivity index (χ0) is 23.5. The van der Waals surface area contributed by atoms with Crippen LogP contribution in [-0.2, 0) is 11.8 Å². The number of hydrogen-bond acceptors (Lipinski definition) is 4. The Morgan fingerprint density at radius 3 is 2.71 bits per heavy atom. The SMILES string of the molecule is CN(C[C@H]1CC[C@@H](c2nc(-c3cnn(C)c3)cn3nccc23)C1)C(=O)/C=C\C1CCCCCC1. The first-order chi connectivity index (χ1) is 16.6. The van der Waals surface area contributed by atoms with E-state index in [0.717, 1.165) is 48.3 Å². The molecule has 1 amide bonds. The van der Waals surface area contributed by atoms with E-state index in [4.69, 9.17) is 4.98 Å². The van der Waals surface area contributed by atoms with Crippen LogP contribution in [0.15, 0.2) is 43.0 Å². The minimum Gasteiger partial charge on any atom is -0.342 e. The molecule has 7 heteroatoms. The Labute approximate surface area is 201 Å². The van der Waals surface area contributed by atoms with Gasteiger partial charge >= 0.3 is 0 Å². The number of amides is 1. The highest BCUT2D eigenvalue weighted by Gasteiger charge is 2.30. The van der Waals surface area contributed by atoms with E-state index in [-0.39, 0.29) is 5.91 Å². The van der Waals surface area contributed by atoms with Crippen molar-refractivity contribution >= 4 is 11.4 Å². The first-order valence-electron chi connectivity index (χ1n) is 12.8. The highest BCUT2D eigenvalue weighted by Crippen LogP contribution is 2.40. The van der Waals surface area contributed by atoms with Gasteiger partial charge in [-0.2, -0.15) is 10.2 Å². The fraction of sp³-hybridized carbons (Fsp3) is 0.556. The highest BCUT2D eigenvalue weighted by atomic mass is 16.2. The second kappa shape index (κ2) is 10.1. The number of aromatic nitrogens is 5. The number of rotatable bonds is 6. The third kappa shape index (κ3) is 5.08. The van der Waals surface area contributed by atoms with Crippen LogP contribution in [0.1, 0.15) is 69.4 Å². The van der Waals surface area contributed by atoms with Crippen molar-refractivity contribution < 1.29 is 4.79 Å². The second-order valence-electron chi connectivity index (χ2n) is 10.3. The molecule has 3 heterocycles. The number of nitrogens with zero attached hydrogens (tertiary/aromatic N) is 6. The summed E-state index contributed by atoms with van der Waals surface area (Å²) in [6.45, 7) is 0.808. The largest absolute Gasteiger partial charge is 0.342 e. The van der Waals surface area contributed by atoms with Gasteiger partial charge in [-0.3, -0.25) is 9.48 Å². The van der Waals surface area contributed by atoms with Gasteiger partial charge in [0, 0.05) is 38.3 Å². The fourth-order valence-corrected chi connectivity index (χ4v) is 5.76. The standard InChI is InChI=1S/C27H36N6O/c1-31(26(34)12-10-20-7-5-3-4-6-8-20)17-21-9-11-22(15-21)27-25-13-14-28-33(25)19-24(30-27)23-16-29-32(2)18-23/h10,12-14,16,18-22H,3-9,11,15,17H2,1-2H3/b12-10-/t21-,22+/m0/s1. The van der Waals surface area contributed by atoms with E-state index in [9.17, 15) is 4.79 Å². The van der Waals surface area contributed by atoms with E-state index in [0.29, 0.717) is 17.8 Å². The van der Waals surface area contributed by atoms with Crippen molar-refractivity contribution in [2.45, 2.75) is 63.7 Å². The van der Waals surface area contributed by atoms with Crippen LogP contribution in [0.25, 0.3) is 16.8 Å². The van der Waals surface area contributed by atoms with Gasteiger partial charge in [-0.05, 0) is 56.1 Å². The van der Waals surface area contributed by atoms with E-state index in [2.05, 4.69) is 22.3 Å². The Balaban J connectivity index is 1.24. The van der Waals surface area contributed by atoms with Crippen molar-refractivity contribution in [1.82, 2.24) is 29.3 Å². The molecule has 34 heavy (non-hydrogen) atoms. The van der Waals surface area contributed by atoms with E-state index < -0.39 is 0 Å². The summed E-state index contributed by atoms with van der Waals surface area (Å²) < 4.78 is 3.73. The van der Waals surface area contributed by atoms with Gasteiger partial charge in [0.15, 0.2) is 0 Å². The topological polar surface area (TPSA) is 68.3 Å². The first-order valence-corrected chi connectivity index (χ1v) is 12.8. The van der Waals surface area contributed by atoms with Gasteiger partial charge in [-0.25, -0.2) is 9.50 Å². The van der Waals surface area contributed by atoms with Crippen LogP contribution < -0.4 is 0 Å². The Hall–Kier alpha value is -2.96. The van der Waals surface area contributed by atoms with Gasteiger partial charge in [0.05, 0.1) is 35.5 Å².